The molecule has 2 heterocycles. The quantitative estimate of drug-likeness (QED) is 0.645. The summed E-state index contributed by atoms with van der Waals surface area (Å²) in [6, 6.07) is 5.49. The number of hydrogen-bond donors (Lipinski definition) is 2. The van der Waals surface area contributed by atoms with Crippen molar-refractivity contribution < 1.29 is 34.1 Å². The molecule has 3 atom stereocenters. The van der Waals surface area contributed by atoms with Crippen molar-refractivity contribution in [3.05, 3.63) is 41.0 Å². The van der Waals surface area contributed by atoms with E-state index in [9.17, 15) is 24.6 Å². The van der Waals surface area contributed by atoms with Crippen molar-refractivity contribution in [2.24, 2.45) is 5.92 Å². The van der Waals surface area contributed by atoms with E-state index in [0.717, 1.165) is 10.5 Å². The summed E-state index contributed by atoms with van der Waals surface area (Å²) in [5.41, 5.74) is 2.13. The first kappa shape index (κ1) is 22.8. The first-order chi connectivity index (χ1) is 14.7. The average Bonchev–Trinajstić information content (AvgIpc) is 2.71. The summed E-state index contributed by atoms with van der Waals surface area (Å²) in [5, 5.41) is 19.5. The lowest BCUT2D eigenvalue weighted by Gasteiger charge is -2.47. The van der Waals surface area contributed by atoms with Gasteiger partial charge in [0.2, 0.25) is 5.91 Å². The number of aliphatic carboxylic acids is 1. The lowest BCUT2D eigenvalue weighted by atomic mass is 9.81. The van der Waals surface area contributed by atoms with Crippen LogP contribution in [0, 0.1) is 5.92 Å². The van der Waals surface area contributed by atoms with Gasteiger partial charge in [-0.2, -0.15) is 0 Å². The van der Waals surface area contributed by atoms with Gasteiger partial charge in [-0.05, 0) is 16.7 Å². The van der Waals surface area contributed by atoms with E-state index in [2.05, 4.69) is 0 Å². The van der Waals surface area contributed by atoms with Crippen LogP contribution in [0.4, 0.5) is 4.79 Å². The van der Waals surface area contributed by atoms with Crippen LogP contribution in [0.5, 0.6) is 0 Å². The van der Waals surface area contributed by atoms with Gasteiger partial charge in [0.1, 0.15) is 6.04 Å². The highest BCUT2D eigenvalue weighted by molar-refractivity contribution is 6.02. The lowest BCUT2D eigenvalue weighted by Crippen LogP contribution is -2.65. The Kier molecular flexibility index (Phi) is 6.97. The molecule has 2 amide bonds. The predicted octanol–water partition coefficient (Wildman–Crippen LogP) is 1.92. The van der Waals surface area contributed by atoms with Gasteiger partial charge >= 0.3 is 12.1 Å². The number of amides is 2. The number of methoxy groups -OCH3 is 1. The maximum atomic E-state index is 12.6. The molecule has 2 N–H and O–H groups in total. The van der Waals surface area contributed by atoms with Gasteiger partial charge in [0, 0.05) is 33.0 Å². The molecule has 0 radical (unpaired) electrons. The molecule has 2 unspecified atom stereocenters. The van der Waals surface area contributed by atoms with Crippen molar-refractivity contribution in [2.45, 2.75) is 32.0 Å². The average molecular weight is 432 g/mol. The SMILES string of the molecule is COC[C@H](C)COCc1ccc(C2=C(C(=O)O)C3CN(C)C(=O)C(C2)N3C(=O)O)cc1. The van der Waals surface area contributed by atoms with Crippen LogP contribution in [-0.4, -0.2) is 84.0 Å². The fraction of sp³-hybridized carbons (Fsp3) is 0.500. The van der Waals surface area contributed by atoms with Gasteiger partial charge in [-0.25, -0.2) is 9.59 Å². The molecule has 168 valence electrons. The molecule has 9 heteroatoms. The van der Waals surface area contributed by atoms with Gasteiger partial charge in [-0.3, -0.25) is 9.69 Å². The van der Waals surface area contributed by atoms with Crippen LogP contribution < -0.4 is 0 Å². The minimum absolute atomic E-state index is 0.0123. The number of carbonyl (C=O) groups excluding carboxylic acids is 1. The Labute approximate surface area is 180 Å². The number of hydrogen-bond acceptors (Lipinski definition) is 5. The van der Waals surface area contributed by atoms with Crippen molar-refractivity contribution >= 4 is 23.5 Å². The Balaban J connectivity index is 1.85. The first-order valence-corrected chi connectivity index (χ1v) is 10.1. The van der Waals surface area contributed by atoms with Crippen LogP contribution >= 0.6 is 0 Å². The minimum atomic E-state index is -1.29. The van der Waals surface area contributed by atoms with Crippen LogP contribution in [0.3, 0.4) is 0 Å². The Morgan fingerprint density at radius 1 is 1.16 bits per heavy atom. The van der Waals surface area contributed by atoms with E-state index >= 15 is 0 Å². The number of fused-ring (bicyclic) bond motifs is 2. The molecule has 0 saturated carbocycles. The van der Waals surface area contributed by atoms with E-state index in [1.807, 2.05) is 19.1 Å². The van der Waals surface area contributed by atoms with Crippen LogP contribution in [0.25, 0.3) is 5.57 Å². The molecule has 1 aromatic rings. The minimum Gasteiger partial charge on any atom is -0.478 e. The molecule has 0 aliphatic carbocycles. The highest BCUT2D eigenvalue weighted by Crippen LogP contribution is 2.38. The number of piperazine rings is 1. The normalized spacial score (nSPS) is 22.0. The first-order valence-electron chi connectivity index (χ1n) is 10.1. The highest BCUT2D eigenvalue weighted by Gasteiger charge is 2.49. The largest absolute Gasteiger partial charge is 0.478 e. The lowest BCUT2D eigenvalue weighted by molar-refractivity contribution is -0.143. The van der Waals surface area contributed by atoms with E-state index in [4.69, 9.17) is 9.47 Å². The van der Waals surface area contributed by atoms with Gasteiger partial charge in [-0.15, -0.1) is 0 Å². The molecule has 2 bridgehead atoms. The summed E-state index contributed by atoms with van der Waals surface area (Å²) < 4.78 is 10.8. The van der Waals surface area contributed by atoms with Gasteiger partial charge in [0.05, 0.1) is 31.4 Å². The molecule has 2 aliphatic rings. The van der Waals surface area contributed by atoms with Crippen molar-refractivity contribution in [3.8, 4) is 0 Å². The number of benzene rings is 1. The maximum Gasteiger partial charge on any atom is 0.408 e. The summed E-state index contributed by atoms with van der Waals surface area (Å²) in [6.07, 6.45) is -1.26. The van der Waals surface area contributed by atoms with Gasteiger partial charge in [0.25, 0.3) is 0 Å². The van der Waals surface area contributed by atoms with Crippen molar-refractivity contribution in [1.29, 1.82) is 0 Å². The van der Waals surface area contributed by atoms with Gasteiger partial charge in [0.15, 0.2) is 0 Å². The van der Waals surface area contributed by atoms with E-state index in [1.165, 1.54) is 4.90 Å². The molecule has 9 nitrogen and oxygen atoms in total. The molecule has 3 rings (SSSR count). The molecular formula is C22H28N2O7. The Morgan fingerprint density at radius 3 is 2.42 bits per heavy atom. The number of ether oxygens (including phenoxy) is 2. The molecule has 31 heavy (non-hydrogen) atoms. The molecule has 0 spiro atoms. The molecule has 0 aromatic heterocycles. The zero-order valence-electron chi connectivity index (χ0n) is 17.9. The summed E-state index contributed by atoms with van der Waals surface area (Å²) >= 11 is 0. The molecule has 1 saturated heterocycles. The van der Waals surface area contributed by atoms with Crippen LogP contribution in [0.1, 0.15) is 24.5 Å². The zero-order chi connectivity index (χ0) is 22.7. The predicted molar refractivity (Wildman–Crippen MR) is 111 cm³/mol. The number of carbonyl (C=O) groups is 3. The Morgan fingerprint density at radius 2 is 1.84 bits per heavy atom. The zero-order valence-corrected chi connectivity index (χ0v) is 17.9. The molecule has 1 aromatic carbocycles. The number of rotatable bonds is 8. The summed E-state index contributed by atoms with van der Waals surface area (Å²) in [7, 11) is 3.21. The summed E-state index contributed by atoms with van der Waals surface area (Å²) in [4.78, 5) is 38.9. The third-order valence-electron chi connectivity index (χ3n) is 5.71. The number of nitrogens with zero attached hydrogens (tertiary/aromatic N) is 2. The van der Waals surface area contributed by atoms with E-state index in [-0.39, 0.29) is 30.4 Å². The summed E-state index contributed by atoms with van der Waals surface area (Å²) in [6.45, 7) is 3.65. The van der Waals surface area contributed by atoms with Crippen LogP contribution in [-0.2, 0) is 25.7 Å². The second-order valence-electron chi connectivity index (χ2n) is 8.11. The highest BCUT2D eigenvalue weighted by atomic mass is 16.5. The third kappa shape index (κ3) is 4.72. The maximum absolute atomic E-state index is 12.6. The number of carboxylic acid groups (broad SMARTS) is 2. The van der Waals surface area contributed by atoms with E-state index in [1.54, 1.807) is 26.3 Å². The molecule has 1 fully saturated rings. The third-order valence-corrected chi connectivity index (χ3v) is 5.71. The second-order valence-corrected chi connectivity index (χ2v) is 8.11. The van der Waals surface area contributed by atoms with Crippen LogP contribution in [0.15, 0.2) is 29.8 Å². The molecule has 2 aliphatic heterocycles. The number of likely N-dealkylation sites (N-methyl/N-ethyl adjacent to an activating group) is 1. The summed E-state index contributed by atoms with van der Waals surface area (Å²) in [5.74, 6) is -1.22. The standard InChI is InChI=1S/C22H28N2O7/c1-13(10-30-3)11-31-12-14-4-6-15(7-5-14)16-8-17-20(25)23(2)9-18(19(16)21(26)27)24(17)22(28)29/h4-7,13,17-18H,8-12H2,1-3H3,(H,26,27)(H,28,29)/t13-,17?,18?/m0/s1. The fourth-order valence-electron chi connectivity index (χ4n) is 4.27. The molecular weight excluding hydrogens is 404 g/mol. The van der Waals surface area contributed by atoms with E-state index in [0.29, 0.717) is 31.0 Å². The fourth-order valence-corrected chi connectivity index (χ4v) is 4.27. The number of carboxylic acids is 1. The van der Waals surface area contributed by atoms with Crippen molar-refractivity contribution in [1.82, 2.24) is 9.80 Å². The van der Waals surface area contributed by atoms with E-state index < -0.39 is 24.1 Å². The van der Waals surface area contributed by atoms with Crippen molar-refractivity contribution in [2.75, 3.05) is 33.9 Å². The smallest absolute Gasteiger partial charge is 0.408 e. The van der Waals surface area contributed by atoms with Crippen molar-refractivity contribution in [3.63, 3.8) is 0 Å². The monoisotopic (exact) mass is 432 g/mol. The Hall–Kier alpha value is -2.91. The van der Waals surface area contributed by atoms with Gasteiger partial charge in [-0.1, -0.05) is 31.2 Å². The second kappa shape index (κ2) is 9.49. The topological polar surface area (TPSA) is 117 Å². The Bertz CT molecular complexity index is 880. The van der Waals surface area contributed by atoms with Gasteiger partial charge < -0.3 is 24.6 Å². The van der Waals surface area contributed by atoms with Crippen LogP contribution in [0.2, 0.25) is 0 Å².